The van der Waals surface area contributed by atoms with E-state index in [-0.39, 0.29) is 5.54 Å². The van der Waals surface area contributed by atoms with E-state index in [0.29, 0.717) is 5.41 Å². The summed E-state index contributed by atoms with van der Waals surface area (Å²) in [7, 11) is 2.28. The molecule has 0 aromatic heterocycles. The zero-order valence-electron chi connectivity index (χ0n) is 13.3. The molecule has 0 atom stereocenters. The Labute approximate surface area is 114 Å². The fraction of sp³-hybridized carbons (Fsp3) is 1.00. The van der Waals surface area contributed by atoms with Crippen molar-refractivity contribution in [2.45, 2.75) is 71.8 Å². The largest absolute Gasteiger partial charge is 0.329 e. The summed E-state index contributed by atoms with van der Waals surface area (Å²) in [6.45, 7) is 11.3. The van der Waals surface area contributed by atoms with Gasteiger partial charge in [0.1, 0.15) is 0 Å². The van der Waals surface area contributed by atoms with E-state index >= 15 is 0 Å². The molecule has 1 rings (SSSR count). The van der Waals surface area contributed by atoms with Gasteiger partial charge in [-0.2, -0.15) is 0 Å². The van der Waals surface area contributed by atoms with Gasteiger partial charge in [0.15, 0.2) is 0 Å². The molecule has 0 aliphatic heterocycles. The van der Waals surface area contributed by atoms with Gasteiger partial charge in [-0.1, -0.05) is 34.1 Å². The average Bonchev–Trinajstić information content (AvgIpc) is 2.35. The van der Waals surface area contributed by atoms with Crippen molar-refractivity contribution < 1.29 is 0 Å². The number of likely N-dealkylation sites (N-methyl/N-ethyl adjacent to an activating group) is 1. The van der Waals surface area contributed by atoms with Gasteiger partial charge in [0.25, 0.3) is 0 Å². The molecule has 108 valence electrons. The molecule has 2 N–H and O–H groups in total. The molecule has 0 unspecified atom stereocenters. The lowest BCUT2D eigenvalue weighted by atomic mass is 9.74. The summed E-state index contributed by atoms with van der Waals surface area (Å²) in [5.74, 6) is 0.945. The summed E-state index contributed by atoms with van der Waals surface area (Å²) in [4.78, 5) is 2.56. The molecule has 0 bridgehead atoms. The van der Waals surface area contributed by atoms with Crippen molar-refractivity contribution >= 4 is 0 Å². The Hall–Kier alpha value is -0.0800. The summed E-state index contributed by atoms with van der Waals surface area (Å²) in [6.07, 6.45) is 7.92. The van der Waals surface area contributed by atoms with Crippen molar-refractivity contribution in [2.75, 3.05) is 20.1 Å². The van der Waals surface area contributed by atoms with Crippen LogP contribution in [0.4, 0.5) is 0 Å². The summed E-state index contributed by atoms with van der Waals surface area (Å²) < 4.78 is 0. The first kappa shape index (κ1) is 16.0. The highest BCUT2D eigenvalue weighted by Crippen LogP contribution is 2.37. The number of rotatable bonds is 5. The van der Waals surface area contributed by atoms with Crippen LogP contribution in [0, 0.1) is 11.3 Å². The first-order valence-corrected chi connectivity index (χ1v) is 7.74. The first-order chi connectivity index (χ1) is 8.33. The average molecular weight is 254 g/mol. The quantitative estimate of drug-likeness (QED) is 0.811. The normalized spacial score (nSPS) is 29.8. The van der Waals surface area contributed by atoms with Crippen LogP contribution in [0.15, 0.2) is 0 Å². The van der Waals surface area contributed by atoms with Crippen LogP contribution in [0.5, 0.6) is 0 Å². The fourth-order valence-electron chi connectivity index (χ4n) is 3.11. The molecule has 0 aromatic rings. The molecular formula is C16H34N2. The third-order valence-electron chi connectivity index (χ3n) is 5.00. The minimum atomic E-state index is 0.289. The van der Waals surface area contributed by atoms with Gasteiger partial charge in [-0.25, -0.2) is 0 Å². The SMILES string of the molecule is CCC1CCC(CN)(N(C)CCC(C)(C)C)CC1. The van der Waals surface area contributed by atoms with Crippen molar-refractivity contribution in [3.8, 4) is 0 Å². The van der Waals surface area contributed by atoms with E-state index in [0.717, 1.165) is 12.5 Å². The summed E-state index contributed by atoms with van der Waals surface area (Å²) in [5, 5.41) is 0. The zero-order chi connectivity index (χ0) is 13.8. The van der Waals surface area contributed by atoms with Gasteiger partial charge in [0.05, 0.1) is 0 Å². The van der Waals surface area contributed by atoms with Crippen molar-refractivity contribution in [3.63, 3.8) is 0 Å². The molecule has 0 aromatic carbocycles. The second-order valence-corrected chi connectivity index (χ2v) is 7.51. The second kappa shape index (κ2) is 6.38. The molecular weight excluding hydrogens is 220 g/mol. The van der Waals surface area contributed by atoms with E-state index < -0.39 is 0 Å². The van der Waals surface area contributed by atoms with E-state index in [4.69, 9.17) is 5.73 Å². The van der Waals surface area contributed by atoms with Gasteiger partial charge < -0.3 is 5.73 Å². The number of nitrogens with two attached hydrogens (primary N) is 1. The summed E-state index contributed by atoms with van der Waals surface area (Å²) in [6, 6.07) is 0. The lowest BCUT2D eigenvalue weighted by Crippen LogP contribution is -2.54. The molecule has 0 heterocycles. The van der Waals surface area contributed by atoms with Crippen molar-refractivity contribution in [1.29, 1.82) is 0 Å². The van der Waals surface area contributed by atoms with E-state index in [1.807, 2.05) is 0 Å². The van der Waals surface area contributed by atoms with Crippen LogP contribution >= 0.6 is 0 Å². The van der Waals surface area contributed by atoms with Crippen molar-refractivity contribution in [1.82, 2.24) is 4.90 Å². The highest BCUT2D eigenvalue weighted by atomic mass is 15.2. The lowest BCUT2D eigenvalue weighted by molar-refractivity contribution is 0.0556. The number of hydrogen-bond acceptors (Lipinski definition) is 2. The Bertz CT molecular complexity index is 234. The second-order valence-electron chi connectivity index (χ2n) is 7.51. The number of hydrogen-bond donors (Lipinski definition) is 1. The topological polar surface area (TPSA) is 29.3 Å². The van der Waals surface area contributed by atoms with Gasteiger partial charge in [0.2, 0.25) is 0 Å². The Morgan fingerprint density at radius 2 is 1.78 bits per heavy atom. The molecule has 0 spiro atoms. The van der Waals surface area contributed by atoms with Crippen molar-refractivity contribution in [3.05, 3.63) is 0 Å². The van der Waals surface area contributed by atoms with E-state index in [1.165, 1.54) is 45.1 Å². The maximum absolute atomic E-state index is 6.12. The van der Waals surface area contributed by atoms with Crippen LogP contribution in [0.3, 0.4) is 0 Å². The summed E-state index contributed by atoms with van der Waals surface area (Å²) in [5.41, 5.74) is 6.83. The van der Waals surface area contributed by atoms with Gasteiger partial charge >= 0.3 is 0 Å². The molecule has 1 aliphatic carbocycles. The van der Waals surface area contributed by atoms with Crippen LogP contribution in [0.2, 0.25) is 0 Å². The summed E-state index contributed by atoms with van der Waals surface area (Å²) >= 11 is 0. The molecule has 1 aliphatic rings. The van der Waals surface area contributed by atoms with Gasteiger partial charge in [-0.15, -0.1) is 0 Å². The van der Waals surface area contributed by atoms with E-state index in [9.17, 15) is 0 Å². The molecule has 2 nitrogen and oxygen atoms in total. The van der Waals surface area contributed by atoms with Crippen LogP contribution in [-0.2, 0) is 0 Å². The third kappa shape index (κ3) is 4.24. The molecule has 0 saturated heterocycles. The molecule has 1 fully saturated rings. The standard InChI is InChI=1S/C16H34N2/c1-6-14-7-9-16(13-17,10-8-14)18(5)12-11-15(2,3)4/h14H,6-13,17H2,1-5H3. The third-order valence-corrected chi connectivity index (χ3v) is 5.00. The van der Waals surface area contributed by atoms with Gasteiger partial charge in [0, 0.05) is 12.1 Å². The van der Waals surface area contributed by atoms with Crippen LogP contribution in [-0.4, -0.2) is 30.6 Å². The maximum atomic E-state index is 6.12. The highest BCUT2D eigenvalue weighted by Gasteiger charge is 2.37. The fourth-order valence-corrected chi connectivity index (χ4v) is 3.11. The Morgan fingerprint density at radius 1 is 1.22 bits per heavy atom. The predicted octanol–water partition coefficient (Wildman–Crippen LogP) is 3.65. The minimum absolute atomic E-state index is 0.289. The minimum Gasteiger partial charge on any atom is -0.329 e. The molecule has 1 saturated carbocycles. The monoisotopic (exact) mass is 254 g/mol. The van der Waals surface area contributed by atoms with Gasteiger partial charge in [-0.3, -0.25) is 4.90 Å². The molecule has 0 radical (unpaired) electrons. The Morgan fingerprint density at radius 3 is 2.17 bits per heavy atom. The highest BCUT2D eigenvalue weighted by molar-refractivity contribution is 4.94. The first-order valence-electron chi connectivity index (χ1n) is 7.74. The lowest BCUT2D eigenvalue weighted by Gasteiger charge is -2.46. The van der Waals surface area contributed by atoms with Crippen molar-refractivity contribution in [2.24, 2.45) is 17.1 Å². The Balaban J connectivity index is 2.54. The van der Waals surface area contributed by atoms with E-state index in [2.05, 4.69) is 39.6 Å². The van der Waals surface area contributed by atoms with Crippen LogP contribution in [0.1, 0.15) is 66.2 Å². The predicted molar refractivity (Wildman–Crippen MR) is 80.7 cm³/mol. The molecule has 2 heteroatoms. The molecule has 18 heavy (non-hydrogen) atoms. The Kier molecular flexibility index (Phi) is 5.67. The number of nitrogens with zero attached hydrogens (tertiary/aromatic N) is 1. The van der Waals surface area contributed by atoms with Crippen LogP contribution < -0.4 is 5.73 Å². The maximum Gasteiger partial charge on any atom is 0.0328 e. The van der Waals surface area contributed by atoms with E-state index in [1.54, 1.807) is 0 Å². The van der Waals surface area contributed by atoms with Crippen LogP contribution in [0.25, 0.3) is 0 Å². The van der Waals surface area contributed by atoms with Gasteiger partial charge in [-0.05, 0) is 57.0 Å². The smallest absolute Gasteiger partial charge is 0.0328 e. The zero-order valence-corrected chi connectivity index (χ0v) is 13.3. The molecule has 0 amide bonds.